The lowest BCUT2D eigenvalue weighted by atomic mass is 9.87. The number of hydrogen-bond acceptors (Lipinski definition) is 1. The highest BCUT2D eigenvalue weighted by atomic mass is 28.4. The molecule has 0 atom stereocenters. The molecule has 20 heavy (non-hydrogen) atoms. The summed E-state index contributed by atoms with van der Waals surface area (Å²) in [5.41, 5.74) is 1.79. The van der Waals surface area contributed by atoms with Crippen LogP contribution in [0.4, 0.5) is 0 Å². The Morgan fingerprint density at radius 2 is 1.65 bits per heavy atom. The van der Waals surface area contributed by atoms with Gasteiger partial charge in [0.15, 0.2) is 0 Å². The molecule has 0 bridgehead atoms. The van der Waals surface area contributed by atoms with Crippen LogP contribution in [0, 0.1) is 5.41 Å². The van der Waals surface area contributed by atoms with Gasteiger partial charge in [0, 0.05) is 6.42 Å². The van der Waals surface area contributed by atoms with Crippen LogP contribution in [-0.4, -0.2) is 8.32 Å². The minimum absolute atomic E-state index is 0.356. The van der Waals surface area contributed by atoms with Gasteiger partial charge in [0.05, 0.1) is 5.76 Å². The highest BCUT2D eigenvalue weighted by Crippen LogP contribution is 2.29. The highest BCUT2D eigenvalue weighted by molar-refractivity contribution is 6.70. The maximum Gasteiger partial charge on any atom is 0.241 e. The van der Waals surface area contributed by atoms with E-state index < -0.39 is 8.32 Å². The largest absolute Gasteiger partial charge is 0.547 e. The van der Waals surface area contributed by atoms with Crippen molar-refractivity contribution in [2.45, 2.75) is 72.5 Å². The molecule has 0 aromatic heterocycles. The van der Waals surface area contributed by atoms with Crippen LogP contribution in [0.15, 0.2) is 36.6 Å². The summed E-state index contributed by atoms with van der Waals surface area (Å²) in [5, 5.41) is 0. The quantitative estimate of drug-likeness (QED) is 0.269. The molecule has 0 unspecified atom stereocenters. The average Bonchev–Trinajstić information content (AvgIpc) is 2.27. The Labute approximate surface area is 127 Å². The molecule has 0 amide bonds. The fraction of sp³-hybridized carbons (Fsp3) is 0.667. The third kappa shape index (κ3) is 10.1. The monoisotopic (exact) mass is 294 g/mol. The van der Waals surface area contributed by atoms with Crippen molar-refractivity contribution in [1.82, 2.24) is 0 Å². The van der Waals surface area contributed by atoms with Gasteiger partial charge in [0.25, 0.3) is 0 Å². The summed E-state index contributed by atoms with van der Waals surface area (Å²) in [6, 6.07) is 0. The standard InChI is InChI=1S/C18H34OSi/c1-9-11-13-17(19-20(6,7)8)16(12-10-2)14-15-18(3,4)5/h9-10H,1-2,11-15H2,3-8H3/b17-16+. The molecule has 116 valence electrons. The van der Waals surface area contributed by atoms with E-state index in [-0.39, 0.29) is 0 Å². The normalized spacial score (nSPS) is 13.7. The lowest BCUT2D eigenvalue weighted by Gasteiger charge is -2.26. The van der Waals surface area contributed by atoms with E-state index in [1.54, 1.807) is 0 Å². The van der Waals surface area contributed by atoms with Gasteiger partial charge in [0.2, 0.25) is 8.32 Å². The van der Waals surface area contributed by atoms with Crippen molar-refractivity contribution < 1.29 is 4.43 Å². The molecule has 0 radical (unpaired) electrons. The fourth-order valence-corrected chi connectivity index (χ4v) is 2.94. The maximum absolute atomic E-state index is 6.34. The van der Waals surface area contributed by atoms with E-state index in [1.807, 2.05) is 12.2 Å². The topological polar surface area (TPSA) is 9.23 Å². The third-order valence-corrected chi connectivity index (χ3v) is 3.83. The molecule has 1 nitrogen and oxygen atoms in total. The SMILES string of the molecule is C=CCC/C(O[Si](C)(C)C)=C(/CC=C)CCC(C)(C)C. The zero-order chi connectivity index (χ0) is 15.8. The van der Waals surface area contributed by atoms with Gasteiger partial charge >= 0.3 is 0 Å². The van der Waals surface area contributed by atoms with Crippen molar-refractivity contribution in [1.29, 1.82) is 0 Å². The van der Waals surface area contributed by atoms with E-state index in [0.29, 0.717) is 5.41 Å². The third-order valence-electron chi connectivity index (χ3n) is 2.97. The molecule has 0 saturated heterocycles. The van der Waals surface area contributed by atoms with Crippen molar-refractivity contribution in [3.05, 3.63) is 36.6 Å². The van der Waals surface area contributed by atoms with Crippen molar-refractivity contribution in [3.63, 3.8) is 0 Å². The van der Waals surface area contributed by atoms with Gasteiger partial charge in [-0.15, -0.1) is 13.2 Å². The van der Waals surface area contributed by atoms with Crippen LogP contribution < -0.4 is 0 Å². The first kappa shape index (κ1) is 19.2. The Hall–Kier alpha value is -0.763. The van der Waals surface area contributed by atoms with Crippen LogP contribution in [0.3, 0.4) is 0 Å². The van der Waals surface area contributed by atoms with Crippen LogP contribution >= 0.6 is 0 Å². The number of allylic oxidation sites excluding steroid dienone is 4. The number of rotatable bonds is 9. The predicted octanol–water partition coefficient (Wildman–Crippen LogP) is 6.46. The fourth-order valence-electron chi connectivity index (χ4n) is 1.96. The molecule has 0 heterocycles. The van der Waals surface area contributed by atoms with Crippen molar-refractivity contribution in [2.24, 2.45) is 5.41 Å². The van der Waals surface area contributed by atoms with Crippen LogP contribution in [-0.2, 0) is 4.43 Å². The summed E-state index contributed by atoms with van der Waals surface area (Å²) < 4.78 is 6.34. The second kappa shape index (κ2) is 8.51. The smallest absolute Gasteiger partial charge is 0.241 e. The van der Waals surface area contributed by atoms with E-state index >= 15 is 0 Å². The highest BCUT2D eigenvalue weighted by Gasteiger charge is 2.20. The van der Waals surface area contributed by atoms with Crippen LogP contribution in [0.5, 0.6) is 0 Å². The molecule has 0 aliphatic carbocycles. The van der Waals surface area contributed by atoms with E-state index in [1.165, 1.54) is 17.8 Å². The van der Waals surface area contributed by atoms with Gasteiger partial charge < -0.3 is 4.43 Å². The Bertz CT molecular complexity index is 339. The summed E-state index contributed by atoms with van der Waals surface area (Å²) >= 11 is 0. The average molecular weight is 295 g/mol. The Kier molecular flexibility index (Phi) is 8.18. The Morgan fingerprint density at radius 3 is 2.05 bits per heavy atom. The van der Waals surface area contributed by atoms with Crippen molar-refractivity contribution in [2.75, 3.05) is 0 Å². The predicted molar refractivity (Wildman–Crippen MR) is 94.4 cm³/mol. The maximum atomic E-state index is 6.34. The van der Waals surface area contributed by atoms with E-state index in [2.05, 4.69) is 53.6 Å². The van der Waals surface area contributed by atoms with Gasteiger partial charge in [-0.1, -0.05) is 32.9 Å². The first-order valence-corrected chi connectivity index (χ1v) is 11.1. The molecule has 0 N–H and O–H groups in total. The van der Waals surface area contributed by atoms with Crippen molar-refractivity contribution in [3.8, 4) is 0 Å². The minimum Gasteiger partial charge on any atom is -0.547 e. The number of hydrogen-bond donors (Lipinski definition) is 0. The zero-order valence-corrected chi connectivity index (χ0v) is 15.5. The molecule has 0 aromatic carbocycles. The Morgan fingerprint density at radius 1 is 1.05 bits per heavy atom. The second-order valence-corrected chi connectivity index (χ2v) is 12.1. The molecular formula is C18H34OSi. The minimum atomic E-state index is -1.56. The molecule has 0 aliphatic heterocycles. The molecule has 0 spiro atoms. The summed E-state index contributed by atoms with van der Waals surface area (Å²) in [5.74, 6) is 1.20. The van der Waals surface area contributed by atoms with Gasteiger partial charge in [-0.3, -0.25) is 0 Å². The molecule has 2 heteroatoms. The van der Waals surface area contributed by atoms with Gasteiger partial charge in [-0.05, 0) is 56.3 Å². The van der Waals surface area contributed by atoms with E-state index in [0.717, 1.165) is 25.7 Å². The van der Waals surface area contributed by atoms with E-state index in [4.69, 9.17) is 4.43 Å². The molecule has 0 fully saturated rings. The second-order valence-electron chi connectivity index (χ2n) is 7.62. The lowest BCUT2D eigenvalue weighted by Crippen LogP contribution is -2.25. The molecule has 0 aliphatic rings. The molecule has 0 aromatic rings. The first-order chi connectivity index (χ1) is 9.09. The molecular weight excluding hydrogens is 260 g/mol. The zero-order valence-electron chi connectivity index (χ0n) is 14.5. The summed E-state index contributed by atoms with van der Waals surface area (Å²) in [6.07, 6.45) is 9.15. The van der Waals surface area contributed by atoms with Crippen LogP contribution in [0.2, 0.25) is 19.6 Å². The Balaban J connectivity index is 5.15. The van der Waals surface area contributed by atoms with Gasteiger partial charge in [-0.2, -0.15) is 0 Å². The summed E-state index contributed by atoms with van der Waals surface area (Å²) in [4.78, 5) is 0. The van der Waals surface area contributed by atoms with E-state index in [9.17, 15) is 0 Å². The van der Waals surface area contributed by atoms with Gasteiger partial charge in [-0.25, -0.2) is 0 Å². The van der Waals surface area contributed by atoms with Crippen molar-refractivity contribution >= 4 is 8.32 Å². The van der Waals surface area contributed by atoms with Gasteiger partial charge in [0.1, 0.15) is 0 Å². The lowest BCUT2D eigenvalue weighted by molar-refractivity contribution is 0.359. The summed E-state index contributed by atoms with van der Waals surface area (Å²) in [7, 11) is -1.56. The van der Waals surface area contributed by atoms with Crippen LogP contribution in [0.25, 0.3) is 0 Å². The molecule has 0 saturated carbocycles. The van der Waals surface area contributed by atoms with Crippen LogP contribution in [0.1, 0.15) is 52.9 Å². The molecule has 0 rings (SSSR count). The summed E-state index contributed by atoms with van der Waals surface area (Å²) in [6.45, 7) is 21.4. The first-order valence-electron chi connectivity index (χ1n) is 7.71.